The van der Waals surface area contributed by atoms with E-state index in [4.69, 9.17) is 28.8 Å². The highest BCUT2D eigenvalue weighted by molar-refractivity contribution is 5.69. The van der Waals surface area contributed by atoms with Crippen molar-refractivity contribution in [1.29, 1.82) is 0 Å². The molecule has 0 saturated carbocycles. The lowest BCUT2D eigenvalue weighted by Crippen LogP contribution is -2.23. The third kappa shape index (κ3) is 4.42. The molecule has 2 heterocycles. The molecule has 2 aliphatic rings. The molecule has 166 valence electrons. The molecule has 1 N–H and O–H groups in total. The Bertz CT molecular complexity index is 1110. The third-order valence-electron chi connectivity index (χ3n) is 5.28. The van der Waals surface area contributed by atoms with Gasteiger partial charge < -0.3 is 28.8 Å². The largest absolute Gasteiger partial charge is 0.508 e. The molecule has 0 amide bonds. The van der Waals surface area contributed by atoms with Gasteiger partial charge in [0.2, 0.25) is 0 Å². The van der Waals surface area contributed by atoms with Crippen LogP contribution in [0.5, 0.6) is 34.5 Å². The van der Waals surface area contributed by atoms with Gasteiger partial charge in [-0.25, -0.2) is 0 Å². The summed E-state index contributed by atoms with van der Waals surface area (Å²) in [6.45, 7) is 1.94. The Kier molecular flexibility index (Phi) is 6.07. The molecule has 0 fully saturated rings. The Labute approximate surface area is 186 Å². The van der Waals surface area contributed by atoms with Gasteiger partial charge in [0.1, 0.15) is 40.6 Å². The van der Waals surface area contributed by atoms with Crippen LogP contribution in [0, 0.1) is 0 Å². The van der Waals surface area contributed by atoms with Crippen molar-refractivity contribution >= 4 is 5.97 Å². The lowest BCUT2D eigenvalue weighted by atomic mass is 9.89. The summed E-state index contributed by atoms with van der Waals surface area (Å²) in [6, 6.07) is 17.8. The van der Waals surface area contributed by atoms with Gasteiger partial charge >= 0.3 is 5.97 Å². The molecule has 0 aliphatic carbocycles. The predicted octanol–water partition coefficient (Wildman–Crippen LogP) is 4.63. The first-order valence-corrected chi connectivity index (χ1v) is 10.1. The zero-order valence-corrected chi connectivity index (χ0v) is 18.0. The number of methoxy groups -OCH3 is 2. The van der Waals surface area contributed by atoms with Crippen LogP contribution in [0.4, 0.5) is 0 Å². The van der Waals surface area contributed by atoms with Crippen LogP contribution in [0.3, 0.4) is 0 Å². The number of phenolic OH excluding ortho intramolecular Hbond substituents is 1. The van der Waals surface area contributed by atoms with Crippen molar-refractivity contribution < 1.29 is 33.6 Å². The standard InChI is InChI=1S/C17H16O4.C8H8O3/c1-18-10-4-6-13-15(7-10)20-9-14-12-5-3-11(19-2)8-16(12)21-17(13)14;1-6(9)11-8-4-2-7(10)3-5-8/h3-8,14,17H,9H2,1-2H3;2-5,10H,1H3. The van der Waals surface area contributed by atoms with Crippen molar-refractivity contribution in [2.45, 2.75) is 18.9 Å². The number of carbonyl (C=O) groups excluding carboxylic acids is 1. The van der Waals surface area contributed by atoms with Gasteiger partial charge in [-0.2, -0.15) is 0 Å². The Hall–Kier alpha value is -3.87. The van der Waals surface area contributed by atoms with Gasteiger partial charge in [0, 0.05) is 30.2 Å². The molecule has 2 unspecified atom stereocenters. The minimum absolute atomic E-state index is 0.00163. The van der Waals surface area contributed by atoms with Crippen molar-refractivity contribution in [3.8, 4) is 34.5 Å². The molecular weight excluding hydrogens is 412 g/mol. The number of rotatable bonds is 3. The fourth-order valence-electron chi connectivity index (χ4n) is 3.75. The molecule has 3 aromatic rings. The number of aromatic hydroxyl groups is 1. The number of hydrogen-bond donors (Lipinski definition) is 1. The van der Waals surface area contributed by atoms with Gasteiger partial charge in [-0.3, -0.25) is 4.79 Å². The van der Waals surface area contributed by atoms with Crippen molar-refractivity contribution in [2.24, 2.45) is 0 Å². The van der Waals surface area contributed by atoms with E-state index in [1.54, 1.807) is 14.2 Å². The Morgan fingerprint density at radius 2 is 1.47 bits per heavy atom. The maximum absolute atomic E-state index is 10.4. The van der Waals surface area contributed by atoms with Crippen LogP contribution in [-0.2, 0) is 4.79 Å². The highest BCUT2D eigenvalue weighted by Crippen LogP contribution is 2.52. The van der Waals surface area contributed by atoms with E-state index in [0.29, 0.717) is 12.4 Å². The molecule has 7 heteroatoms. The van der Waals surface area contributed by atoms with E-state index in [-0.39, 0.29) is 23.7 Å². The summed E-state index contributed by atoms with van der Waals surface area (Å²) in [5, 5.41) is 8.85. The number of fused-ring (bicyclic) bond motifs is 5. The van der Waals surface area contributed by atoms with Crippen LogP contribution in [0.1, 0.15) is 30.1 Å². The van der Waals surface area contributed by atoms with Crippen molar-refractivity contribution in [3.63, 3.8) is 0 Å². The molecule has 7 nitrogen and oxygen atoms in total. The SMILES string of the molecule is CC(=O)Oc1ccc(O)cc1.COc1ccc2c(c1)OC1c3ccc(OC)cc3OCC21. The Balaban J connectivity index is 0.000000189. The van der Waals surface area contributed by atoms with E-state index < -0.39 is 0 Å². The van der Waals surface area contributed by atoms with E-state index >= 15 is 0 Å². The van der Waals surface area contributed by atoms with Gasteiger partial charge in [0.15, 0.2) is 0 Å². The lowest BCUT2D eigenvalue weighted by Gasteiger charge is -2.28. The molecule has 3 aromatic carbocycles. The molecule has 5 rings (SSSR count). The molecule has 0 aromatic heterocycles. The number of benzene rings is 3. The van der Waals surface area contributed by atoms with Crippen LogP contribution in [0.15, 0.2) is 60.7 Å². The summed E-state index contributed by atoms with van der Waals surface area (Å²) in [5.74, 6) is 3.79. The summed E-state index contributed by atoms with van der Waals surface area (Å²) in [7, 11) is 3.32. The molecule has 2 atom stereocenters. The fraction of sp³-hybridized carbons (Fsp3) is 0.240. The summed E-state index contributed by atoms with van der Waals surface area (Å²) in [6.07, 6.45) is 0.00163. The van der Waals surface area contributed by atoms with Gasteiger partial charge in [-0.1, -0.05) is 6.07 Å². The van der Waals surface area contributed by atoms with Crippen molar-refractivity contribution in [3.05, 3.63) is 71.8 Å². The van der Waals surface area contributed by atoms with Gasteiger partial charge in [-0.15, -0.1) is 0 Å². The third-order valence-corrected chi connectivity index (χ3v) is 5.28. The van der Waals surface area contributed by atoms with Crippen molar-refractivity contribution in [2.75, 3.05) is 20.8 Å². The number of ether oxygens (including phenoxy) is 5. The van der Waals surface area contributed by atoms with Crippen molar-refractivity contribution in [1.82, 2.24) is 0 Å². The maximum Gasteiger partial charge on any atom is 0.308 e. The normalized spacial score (nSPS) is 17.2. The van der Waals surface area contributed by atoms with Gasteiger partial charge in [-0.05, 0) is 42.5 Å². The highest BCUT2D eigenvalue weighted by Gasteiger charge is 2.40. The number of esters is 1. The number of carbonyl (C=O) groups is 1. The zero-order valence-electron chi connectivity index (χ0n) is 18.0. The second kappa shape index (κ2) is 9.09. The average molecular weight is 436 g/mol. The second-order valence-electron chi connectivity index (χ2n) is 7.35. The highest BCUT2D eigenvalue weighted by atomic mass is 16.5. The summed E-state index contributed by atoms with van der Waals surface area (Å²) < 4.78 is 27.3. The molecule has 32 heavy (non-hydrogen) atoms. The molecule has 2 aliphatic heterocycles. The fourth-order valence-corrected chi connectivity index (χ4v) is 3.75. The molecular formula is C25H24O7. The monoisotopic (exact) mass is 436 g/mol. The van der Waals surface area contributed by atoms with Crippen LogP contribution in [0.25, 0.3) is 0 Å². The van der Waals surface area contributed by atoms with E-state index in [9.17, 15) is 4.79 Å². The quantitative estimate of drug-likeness (QED) is 0.473. The van der Waals surface area contributed by atoms with Crippen LogP contribution < -0.4 is 23.7 Å². The minimum atomic E-state index is -0.365. The molecule has 0 bridgehead atoms. The predicted molar refractivity (Wildman–Crippen MR) is 117 cm³/mol. The van der Waals surface area contributed by atoms with E-state index in [0.717, 1.165) is 28.6 Å². The zero-order chi connectivity index (χ0) is 22.7. The van der Waals surface area contributed by atoms with Gasteiger partial charge in [0.05, 0.1) is 26.7 Å². The number of hydrogen-bond acceptors (Lipinski definition) is 7. The number of phenols is 1. The van der Waals surface area contributed by atoms with Crippen LogP contribution >= 0.6 is 0 Å². The smallest absolute Gasteiger partial charge is 0.308 e. The molecule has 0 saturated heterocycles. The topological polar surface area (TPSA) is 83.5 Å². The second-order valence-corrected chi connectivity index (χ2v) is 7.35. The van der Waals surface area contributed by atoms with Gasteiger partial charge in [0.25, 0.3) is 0 Å². The molecule has 0 spiro atoms. The van der Waals surface area contributed by atoms with Crippen LogP contribution in [0.2, 0.25) is 0 Å². The summed E-state index contributed by atoms with van der Waals surface area (Å²) in [4.78, 5) is 10.4. The van der Waals surface area contributed by atoms with E-state index in [2.05, 4.69) is 6.07 Å². The van der Waals surface area contributed by atoms with Crippen LogP contribution in [-0.4, -0.2) is 31.9 Å². The molecule has 0 radical (unpaired) electrons. The lowest BCUT2D eigenvalue weighted by molar-refractivity contribution is -0.131. The first-order valence-electron chi connectivity index (χ1n) is 10.1. The minimum Gasteiger partial charge on any atom is -0.508 e. The Morgan fingerprint density at radius 3 is 2.09 bits per heavy atom. The summed E-state index contributed by atoms with van der Waals surface area (Å²) >= 11 is 0. The summed E-state index contributed by atoms with van der Waals surface area (Å²) in [5.41, 5.74) is 2.25. The first kappa shape index (κ1) is 21.4. The van der Waals surface area contributed by atoms with E-state index in [1.165, 1.54) is 36.8 Å². The van der Waals surface area contributed by atoms with E-state index in [1.807, 2.05) is 30.3 Å². The maximum atomic E-state index is 10.4. The average Bonchev–Trinajstić information content (AvgIpc) is 3.18. The Morgan fingerprint density at radius 1 is 0.875 bits per heavy atom. The first-order chi connectivity index (χ1) is 15.5.